The topological polar surface area (TPSA) is 46.2 Å². The van der Waals surface area contributed by atoms with Gasteiger partial charge >= 0.3 is 0 Å². The normalized spacial score (nSPS) is 11.1. The summed E-state index contributed by atoms with van der Waals surface area (Å²) >= 11 is 4.85. The lowest BCUT2D eigenvalue weighted by Crippen LogP contribution is -2.19. The molecule has 1 heterocycles. The standard InChI is InChI=1S/C13H18N4S/c1-16(2)7-8-17-6-5-10-3-4-11(9-12(10)17)15-13(14)18/h3-6,9H,7-8H2,1-2H3,(H3,14,15,18). The van der Waals surface area contributed by atoms with E-state index in [1.54, 1.807) is 0 Å². The maximum atomic E-state index is 5.49. The van der Waals surface area contributed by atoms with Gasteiger partial charge in [-0.3, -0.25) is 0 Å². The smallest absolute Gasteiger partial charge is 0.168 e. The number of hydrogen-bond donors (Lipinski definition) is 2. The Morgan fingerprint density at radius 3 is 2.83 bits per heavy atom. The van der Waals surface area contributed by atoms with Gasteiger partial charge in [0.15, 0.2) is 5.11 Å². The van der Waals surface area contributed by atoms with Gasteiger partial charge in [0, 0.05) is 25.0 Å². The van der Waals surface area contributed by atoms with Crippen molar-refractivity contribution in [3.05, 3.63) is 30.5 Å². The van der Waals surface area contributed by atoms with Crippen molar-refractivity contribution in [2.45, 2.75) is 6.54 Å². The molecule has 0 fully saturated rings. The molecule has 1 aromatic carbocycles. The molecule has 0 aliphatic rings. The molecule has 0 bridgehead atoms. The molecular formula is C13H18N4S. The van der Waals surface area contributed by atoms with Crippen LogP contribution in [0.15, 0.2) is 30.5 Å². The molecule has 2 aromatic rings. The molecule has 0 amide bonds. The minimum atomic E-state index is 0.292. The molecule has 0 unspecified atom stereocenters. The van der Waals surface area contributed by atoms with Crippen molar-refractivity contribution >= 4 is 33.9 Å². The average molecular weight is 262 g/mol. The number of rotatable bonds is 4. The van der Waals surface area contributed by atoms with E-state index in [1.807, 2.05) is 6.07 Å². The lowest BCUT2D eigenvalue weighted by atomic mass is 10.2. The van der Waals surface area contributed by atoms with E-state index < -0.39 is 0 Å². The minimum Gasteiger partial charge on any atom is -0.376 e. The summed E-state index contributed by atoms with van der Waals surface area (Å²) in [5, 5.41) is 4.48. The van der Waals surface area contributed by atoms with Gasteiger partial charge in [0.25, 0.3) is 0 Å². The molecular weight excluding hydrogens is 244 g/mol. The van der Waals surface area contributed by atoms with E-state index in [9.17, 15) is 0 Å². The Hall–Kier alpha value is -1.59. The summed E-state index contributed by atoms with van der Waals surface area (Å²) in [5.41, 5.74) is 7.61. The van der Waals surface area contributed by atoms with Crippen molar-refractivity contribution in [3.63, 3.8) is 0 Å². The summed E-state index contributed by atoms with van der Waals surface area (Å²) in [6.45, 7) is 1.98. The van der Waals surface area contributed by atoms with Gasteiger partial charge < -0.3 is 20.5 Å². The second kappa shape index (κ2) is 5.37. The van der Waals surface area contributed by atoms with Gasteiger partial charge in [0.2, 0.25) is 0 Å². The Labute approximate surface area is 112 Å². The van der Waals surface area contributed by atoms with Crippen LogP contribution in [0.2, 0.25) is 0 Å². The monoisotopic (exact) mass is 262 g/mol. The van der Waals surface area contributed by atoms with Gasteiger partial charge in [-0.15, -0.1) is 0 Å². The zero-order valence-electron chi connectivity index (χ0n) is 10.7. The number of aromatic nitrogens is 1. The molecule has 4 nitrogen and oxygen atoms in total. The van der Waals surface area contributed by atoms with Gasteiger partial charge in [-0.1, -0.05) is 6.07 Å². The lowest BCUT2D eigenvalue weighted by molar-refractivity contribution is 0.387. The maximum Gasteiger partial charge on any atom is 0.168 e. The van der Waals surface area contributed by atoms with Crippen molar-refractivity contribution in [2.24, 2.45) is 5.73 Å². The molecule has 0 atom stereocenters. The molecule has 96 valence electrons. The average Bonchev–Trinajstić information content (AvgIpc) is 2.68. The van der Waals surface area contributed by atoms with Crippen LogP contribution in [0.4, 0.5) is 5.69 Å². The summed E-state index contributed by atoms with van der Waals surface area (Å²) < 4.78 is 2.24. The fraction of sp³-hybridized carbons (Fsp3) is 0.308. The summed E-state index contributed by atoms with van der Waals surface area (Å²) in [6, 6.07) is 8.25. The van der Waals surface area contributed by atoms with Crippen LogP contribution < -0.4 is 11.1 Å². The summed E-state index contributed by atoms with van der Waals surface area (Å²) in [4.78, 5) is 2.17. The number of fused-ring (bicyclic) bond motifs is 1. The Morgan fingerprint density at radius 2 is 2.17 bits per heavy atom. The first-order valence-electron chi connectivity index (χ1n) is 5.86. The first-order chi connectivity index (χ1) is 8.56. The van der Waals surface area contributed by atoms with Crippen LogP contribution in [-0.2, 0) is 6.54 Å². The van der Waals surface area contributed by atoms with Crippen molar-refractivity contribution in [1.82, 2.24) is 9.47 Å². The number of thiocarbonyl (C=S) groups is 1. The third kappa shape index (κ3) is 3.00. The van der Waals surface area contributed by atoms with Crippen LogP contribution in [0, 0.1) is 0 Å². The van der Waals surface area contributed by atoms with Gasteiger partial charge in [-0.05, 0) is 49.9 Å². The predicted molar refractivity (Wildman–Crippen MR) is 80.9 cm³/mol. The molecule has 0 aliphatic heterocycles. The van der Waals surface area contributed by atoms with Crippen LogP contribution in [-0.4, -0.2) is 35.2 Å². The third-order valence-corrected chi connectivity index (χ3v) is 2.93. The van der Waals surface area contributed by atoms with Crippen LogP contribution in [0.25, 0.3) is 10.9 Å². The van der Waals surface area contributed by atoms with Crippen LogP contribution in [0.1, 0.15) is 0 Å². The SMILES string of the molecule is CN(C)CCn1ccc2ccc(NC(N)=S)cc21. The Balaban J connectivity index is 2.28. The van der Waals surface area contributed by atoms with E-state index in [0.717, 1.165) is 18.8 Å². The van der Waals surface area contributed by atoms with Gasteiger partial charge in [-0.25, -0.2) is 0 Å². The maximum absolute atomic E-state index is 5.49. The Bertz CT molecular complexity index is 559. The van der Waals surface area contributed by atoms with Crippen molar-refractivity contribution < 1.29 is 0 Å². The molecule has 0 saturated heterocycles. The first-order valence-corrected chi connectivity index (χ1v) is 6.27. The van der Waals surface area contributed by atoms with Crippen molar-refractivity contribution in [2.75, 3.05) is 26.0 Å². The van der Waals surface area contributed by atoms with Gasteiger partial charge in [0.1, 0.15) is 0 Å². The highest BCUT2D eigenvalue weighted by Crippen LogP contribution is 2.20. The van der Waals surface area contributed by atoms with E-state index in [0.29, 0.717) is 5.11 Å². The summed E-state index contributed by atoms with van der Waals surface area (Å²) in [7, 11) is 4.15. The molecule has 0 radical (unpaired) electrons. The number of likely N-dealkylation sites (N-methyl/N-ethyl adjacent to an activating group) is 1. The van der Waals surface area contributed by atoms with E-state index in [4.69, 9.17) is 18.0 Å². The minimum absolute atomic E-state index is 0.292. The third-order valence-electron chi connectivity index (χ3n) is 2.83. The summed E-state index contributed by atoms with van der Waals surface area (Å²) in [6.07, 6.45) is 2.11. The molecule has 0 saturated carbocycles. The highest BCUT2D eigenvalue weighted by molar-refractivity contribution is 7.80. The molecule has 0 aliphatic carbocycles. The van der Waals surface area contributed by atoms with Gasteiger partial charge in [0.05, 0.1) is 5.52 Å². The lowest BCUT2D eigenvalue weighted by Gasteiger charge is -2.12. The Morgan fingerprint density at radius 1 is 1.39 bits per heavy atom. The van der Waals surface area contributed by atoms with Crippen LogP contribution in [0.5, 0.6) is 0 Å². The number of nitrogens with two attached hydrogens (primary N) is 1. The number of anilines is 1. The zero-order valence-corrected chi connectivity index (χ0v) is 11.5. The van der Waals surface area contributed by atoms with E-state index in [-0.39, 0.29) is 0 Å². The molecule has 5 heteroatoms. The van der Waals surface area contributed by atoms with E-state index in [2.05, 4.69) is 53.3 Å². The van der Waals surface area contributed by atoms with Crippen LogP contribution in [0.3, 0.4) is 0 Å². The second-order valence-electron chi connectivity index (χ2n) is 4.58. The molecule has 0 spiro atoms. The highest BCUT2D eigenvalue weighted by atomic mass is 32.1. The zero-order chi connectivity index (χ0) is 13.1. The number of nitrogens with zero attached hydrogens (tertiary/aromatic N) is 2. The molecule has 18 heavy (non-hydrogen) atoms. The predicted octanol–water partition coefficient (Wildman–Crippen LogP) is 1.86. The molecule has 1 aromatic heterocycles. The number of hydrogen-bond acceptors (Lipinski definition) is 2. The largest absolute Gasteiger partial charge is 0.376 e. The highest BCUT2D eigenvalue weighted by Gasteiger charge is 2.03. The number of nitrogens with one attached hydrogen (secondary N) is 1. The number of benzene rings is 1. The van der Waals surface area contributed by atoms with Gasteiger partial charge in [-0.2, -0.15) is 0 Å². The van der Waals surface area contributed by atoms with E-state index >= 15 is 0 Å². The second-order valence-corrected chi connectivity index (χ2v) is 5.02. The fourth-order valence-electron chi connectivity index (χ4n) is 1.91. The van der Waals surface area contributed by atoms with Crippen molar-refractivity contribution in [3.8, 4) is 0 Å². The first kappa shape index (κ1) is 12.9. The van der Waals surface area contributed by atoms with Crippen molar-refractivity contribution in [1.29, 1.82) is 0 Å². The summed E-state index contributed by atoms with van der Waals surface area (Å²) in [5.74, 6) is 0. The van der Waals surface area contributed by atoms with E-state index in [1.165, 1.54) is 10.9 Å². The Kier molecular flexibility index (Phi) is 3.84. The quantitative estimate of drug-likeness (QED) is 0.826. The molecule has 2 rings (SSSR count). The van der Waals surface area contributed by atoms with Crippen LogP contribution >= 0.6 is 12.2 Å². The fourth-order valence-corrected chi connectivity index (χ4v) is 2.02. The molecule has 3 N–H and O–H groups in total.